The van der Waals surface area contributed by atoms with Crippen molar-refractivity contribution in [3.63, 3.8) is 0 Å². The maximum absolute atomic E-state index is 5.33. The van der Waals surface area contributed by atoms with E-state index in [1.54, 1.807) is 13.3 Å². The number of rotatable bonds is 4. The molecule has 4 nitrogen and oxygen atoms in total. The molecule has 0 radical (unpaired) electrons. The first-order valence-electron chi connectivity index (χ1n) is 6.73. The summed E-state index contributed by atoms with van der Waals surface area (Å²) in [4.78, 5) is 4.22. The van der Waals surface area contributed by atoms with Crippen LogP contribution in [0.3, 0.4) is 0 Å². The molecule has 0 aliphatic heterocycles. The summed E-state index contributed by atoms with van der Waals surface area (Å²) in [5.74, 6) is 1.26. The van der Waals surface area contributed by atoms with Gasteiger partial charge in [0.25, 0.3) is 0 Å². The lowest BCUT2D eigenvalue weighted by Crippen LogP contribution is -2.31. The Morgan fingerprint density at radius 3 is 2.62 bits per heavy atom. The number of aryl methyl sites for hydroxylation is 1. The molecular weight excluding hydrogens is 282 g/mol. The van der Waals surface area contributed by atoms with Crippen molar-refractivity contribution in [2.75, 3.05) is 12.4 Å². The highest BCUT2D eigenvalue weighted by atomic mass is 32.1. The second-order valence-electron chi connectivity index (χ2n) is 4.79. The van der Waals surface area contributed by atoms with Gasteiger partial charge in [-0.1, -0.05) is 29.8 Å². The fourth-order valence-corrected chi connectivity index (χ4v) is 2.20. The third-order valence-corrected chi connectivity index (χ3v) is 3.37. The summed E-state index contributed by atoms with van der Waals surface area (Å²) < 4.78 is 5.24. The molecule has 2 N–H and O–H groups in total. The summed E-state index contributed by atoms with van der Waals surface area (Å²) in [5.41, 5.74) is 2.42. The number of hydrogen-bond donors (Lipinski definition) is 2. The number of nitrogens with zero attached hydrogens (tertiary/aromatic N) is 1. The standard InChI is InChI=1S/C16H19N3OS/c1-11-6-8-13(9-7-11)12(2)18-16(21)19-15-14(20-3)5-4-10-17-15/h4-10,12H,1-3H3,(H2,17,18,19,21). The van der Waals surface area contributed by atoms with Crippen LogP contribution in [0.5, 0.6) is 5.75 Å². The SMILES string of the molecule is COc1cccnc1NC(=S)NC(C)c1ccc(C)cc1. The number of ether oxygens (including phenoxy) is 1. The minimum atomic E-state index is 0.111. The summed E-state index contributed by atoms with van der Waals surface area (Å²) >= 11 is 5.33. The van der Waals surface area contributed by atoms with Gasteiger partial charge in [-0.25, -0.2) is 4.98 Å². The van der Waals surface area contributed by atoms with Crippen LogP contribution in [-0.4, -0.2) is 17.2 Å². The molecule has 0 aliphatic carbocycles. The van der Waals surface area contributed by atoms with Crippen molar-refractivity contribution in [2.45, 2.75) is 19.9 Å². The summed E-state index contributed by atoms with van der Waals surface area (Å²) in [6, 6.07) is 12.1. The highest BCUT2D eigenvalue weighted by Crippen LogP contribution is 2.20. The number of anilines is 1. The molecule has 0 aliphatic rings. The fraction of sp³-hybridized carbons (Fsp3) is 0.250. The molecule has 1 unspecified atom stereocenters. The third-order valence-electron chi connectivity index (χ3n) is 3.15. The first-order valence-corrected chi connectivity index (χ1v) is 7.14. The van der Waals surface area contributed by atoms with Crippen molar-refractivity contribution in [3.05, 3.63) is 53.7 Å². The molecule has 0 spiro atoms. The molecule has 2 aromatic rings. The van der Waals surface area contributed by atoms with Crippen molar-refractivity contribution >= 4 is 23.1 Å². The van der Waals surface area contributed by atoms with Crippen LogP contribution in [0, 0.1) is 6.92 Å². The first-order chi connectivity index (χ1) is 10.1. The van der Waals surface area contributed by atoms with Gasteiger partial charge in [-0.05, 0) is 43.8 Å². The predicted molar refractivity (Wildman–Crippen MR) is 89.7 cm³/mol. The van der Waals surface area contributed by atoms with Crippen molar-refractivity contribution in [2.24, 2.45) is 0 Å². The van der Waals surface area contributed by atoms with E-state index < -0.39 is 0 Å². The van der Waals surface area contributed by atoms with Crippen LogP contribution in [0.4, 0.5) is 5.82 Å². The largest absolute Gasteiger partial charge is 0.493 e. The lowest BCUT2D eigenvalue weighted by molar-refractivity contribution is 0.415. The van der Waals surface area contributed by atoms with E-state index in [-0.39, 0.29) is 6.04 Å². The highest BCUT2D eigenvalue weighted by molar-refractivity contribution is 7.80. The van der Waals surface area contributed by atoms with Gasteiger partial charge in [0.1, 0.15) is 0 Å². The van der Waals surface area contributed by atoms with Gasteiger partial charge in [-0.2, -0.15) is 0 Å². The van der Waals surface area contributed by atoms with Gasteiger partial charge in [0.05, 0.1) is 13.2 Å². The van der Waals surface area contributed by atoms with Crippen LogP contribution in [0.25, 0.3) is 0 Å². The van der Waals surface area contributed by atoms with Crippen molar-refractivity contribution in [1.29, 1.82) is 0 Å². The predicted octanol–water partition coefficient (Wildman–Crippen LogP) is 3.45. The molecule has 1 aromatic heterocycles. The van der Waals surface area contributed by atoms with Gasteiger partial charge >= 0.3 is 0 Å². The summed E-state index contributed by atoms with van der Waals surface area (Å²) in [5, 5.41) is 6.81. The number of hydrogen-bond acceptors (Lipinski definition) is 3. The van der Waals surface area contributed by atoms with Gasteiger partial charge in [0, 0.05) is 6.20 Å². The molecule has 5 heteroatoms. The van der Waals surface area contributed by atoms with Gasteiger partial charge in [-0.3, -0.25) is 0 Å². The van der Waals surface area contributed by atoms with Gasteiger partial charge < -0.3 is 15.4 Å². The third kappa shape index (κ3) is 4.16. The quantitative estimate of drug-likeness (QED) is 0.847. The Bertz CT molecular complexity index is 613. The number of nitrogens with one attached hydrogen (secondary N) is 2. The Morgan fingerprint density at radius 2 is 1.95 bits per heavy atom. The molecule has 0 bridgehead atoms. The smallest absolute Gasteiger partial charge is 0.174 e. The van der Waals surface area contributed by atoms with Crippen LogP contribution < -0.4 is 15.4 Å². The molecule has 1 atom stereocenters. The second kappa shape index (κ2) is 7.04. The number of pyridine rings is 1. The highest BCUT2D eigenvalue weighted by Gasteiger charge is 2.09. The van der Waals surface area contributed by atoms with E-state index in [1.807, 2.05) is 12.1 Å². The number of thiocarbonyl (C=S) groups is 1. The van der Waals surface area contributed by atoms with Crippen LogP contribution >= 0.6 is 12.2 Å². The molecule has 21 heavy (non-hydrogen) atoms. The monoisotopic (exact) mass is 301 g/mol. The van der Waals surface area contributed by atoms with Crippen molar-refractivity contribution in [3.8, 4) is 5.75 Å². The normalized spacial score (nSPS) is 11.6. The Morgan fingerprint density at radius 1 is 1.24 bits per heavy atom. The first kappa shape index (κ1) is 15.3. The molecule has 1 aromatic carbocycles. The number of methoxy groups -OCH3 is 1. The van der Waals surface area contributed by atoms with Gasteiger partial charge in [0.2, 0.25) is 0 Å². The van der Waals surface area contributed by atoms with E-state index in [4.69, 9.17) is 17.0 Å². The van der Waals surface area contributed by atoms with Crippen LogP contribution in [0.15, 0.2) is 42.6 Å². The summed E-state index contributed by atoms with van der Waals surface area (Å²) in [6.07, 6.45) is 1.69. The second-order valence-corrected chi connectivity index (χ2v) is 5.19. The Hall–Kier alpha value is -2.14. The van der Waals surface area contributed by atoms with E-state index in [9.17, 15) is 0 Å². The van der Waals surface area contributed by atoms with Gasteiger partial charge in [0.15, 0.2) is 16.7 Å². The van der Waals surface area contributed by atoms with Crippen molar-refractivity contribution < 1.29 is 4.74 Å². The van der Waals surface area contributed by atoms with Crippen LogP contribution in [-0.2, 0) is 0 Å². The molecule has 0 saturated heterocycles. The minimum absolute atomic E-state index is 0.111. The average molecular weight is 301 g/mol. The average Bonchev–Trinajstić information content (AvgIpc) is 2.48. The molecule has 0 fully saturated rings. The van der Waals surface area contributed by atoms with Crippen LogP contribution in [0.2, 0.25) is 0 Å². The molecule has 110 valence electrons. The van der Waals surface area contributed by atoms with Crippen molar-refractivity contribution in [1.82, 2.24) is 10.3 Å². The van der Waals surface area contributed by atoms with E-state index >= 15 is 0 Å². The molecule has 0 saturated carbocycles. The lowest BCUT2D eigenvalue weighted by atomic mass is 10.1. The Kier molecular flexibility index (Phi) is 5.11. The summed E-state index contributed by atoms with van der Waals surface area (Å²) in [7, 11) is 1.60. The minimum Gasteiger partial charge on any atom is -0.493 e. The Balaban J connectivity index is 1.99. The van der Waals surface area contributed by atoms with Gasteiger partial charge in [-0.15, -0.1) is 0 Å². The zero-order chi connectivity index (χ0) is 15.2. The fourth-order valence-electron chi connectivity index (χ4n) is 1.93. The number of benzene rings is 1. The Labute approximate surface area is 130 Å². The van der Waals surface area contributed by atoms with E-state index in [0.29, 0.717) is 16.7 Å². The van der Waals surface area contributed by atoms with E-state index in [0.717, 1.165) is 0 Å². The lowest BCUT2D eigenvalue weighted by Gasteiger charge is -2.18. The van der Waals surface area contributed by atoms with Crippen LogP contribution in [0.1, 0.15) is 24.1 Å². The molecule has 0 amide bonds. The summed E-state index contributed by atoms with van der Waals surface area (Å²) in [6.45, 7) is 4.13. The zero-order valence-electron chi connectivity index (χ0n) is 12.4. The molecule has 1 heterocycles. The van der Waals surface area contributed by atoms with E-state index in [2.05, 4.69) is 53.7 Å². The number of aromatic nitrogens is 1. The topological polar surface area (TPSA) is 46.2 Å². The zero-order valence-corrected chi connectivity index (χ0v) is 13.2. The maximum Gasteiger partial charge on any atom is 0.174 e. The molecule has 2 rings (SSSR count). The molecular formula is C16H19N3OS. The maximum atomic E-state index is 5.33. The van der Waals surface area contributed by atoms with E-state index in [1.165, 1.54) is 11.1 Å².